The van der Waals surface area contributed by atoms with Gasteiger partial charge in [-0.05, 0) is 49.5 Å². The Balaban J connectivity index is 2.25. The van der Waals surface area contributed by atoms with E-state index in [0.717, 1.165) is 19.2 Å². The normalized spacial score (nSPS) is 12.6. The lowest BCUT2D eigenvalue weighted by Crippen LogP contribution is -2.24. The Morgan fingerprint density at radius 2 is 1.79 bits per heavy atom. The van der Waals surface area contributed by atoms with Gasteiger partial charge >= 0.3 is 0 Å². The van der Waals surface area contributed by atoms with Gasteiger partial charge in [-0.2, -0.15) is 0 Å². The van der Waals surface area contributed by atoms with Crippen LogP contribution < -0.4 is 5.32 Å². The molecular weight excluding hydrogens is 244 g/mol. The summed E-state index contributed by atoms with van der Waals surface area (Å²) in [5, 5.41) is 3.39. The van der Waals surface area contributed by atoms with Crippen LogP contribution in [0.15, 0.2) is 18.2 Å². The Labute approximate surface area is 115 Å². The molecule has 0 saturated heterocycles. The highest BCUT2D eigenvalue weighted by molar-refractivity contribution is 5.18. The number of hydrogen-bond donors (Lipinski definition) is 1. The Morgan fingerprint density at radius 1 is 1.11 bits per heavy atom. The van der Waals surface area contributed by atoms with E-state index in [1.165, 1.54) is 37.8 Å². The van der Waals surface area contributed by atoms with Crippen molar-refractivity contribution in [1.82, 2.24) is 5.32 Å². The molecule has 0 radical (unpaired) electrons. The summed E-state index contributed by atoms with van der Waals surface area (Å²) in [4.78, 5) is 0. The molecule has 19 heavy (non-hydrogen) atoms. The van der Waals surface area contributed by atoms with E-state index in [2.05, 4.69) is 19.2 Å². The van der Waals surface area contributed by atoms with Crippen LogP contribution in [0.5, 0.6) is 0 Å². The minimum atomic E-state index is -0.496. The highest BCUT2D eigenvalue weighted by Crippen LogP contribution is 2.11. The van der Waals surface area contributed by atoms with E-state index in [1.54, 1.807) is 0 Å². The minimum Gasteiger partial charge on any atom is -0.316 e. The highest BCUT2D eigenvalue weighted by atomic mass is 19.1. The van der Waals surface area contributed by atoms with Crippen LogP contribution >= 0.6 is 0 Å². The monoisotopic (exact) mass is 269 g/mol. The van der Waals surface area contributed by atoms with Gasteiger partial charge in [-0.1, -0.05) is 33.1 Å². The van der Waals surface area contributed by atoms with Gasteiger partial charge in [0.1, 0.15) is 11.6 Å². The summed E-state index contributed by atoms with van der Waals surface area (Å²) in [6.45, 7) is 6.18. The van der Waals surface area contributed by atoms with Crippen LogP contribution in [0.3, 0.4) is 0 Å². The molecule has 0 aliphatic carbocycles. The first kappa shape index (κ1) is 16.1. The molecule has 0 heterocycles. The Bertz CT molecular complexity index is 346. The highest BCUT2D eigenvalue weighted by Gasteiger charge is 2.05. The lowest BCUT2D eigenvalue weighted by molar-refractivity contribution is 0.421. The fourth-order valence-electron chi connectivity index (χ4n) is 2.24. The molecule has 1 unspecified atom stereocenters. The van der Waals surface area contributed by atoms with Crippen LogP contribution in [0.1, 0.15) is 45.1 Å². The van der Waals surface area contributed by atoms with Gasteiger partial charge in [0.15, 0.2) is 0 Å². The van der Waals surface area contributed by atoms with Gasteiger partial charge in [-0.3, -0.25) is 0 Å². The second kappa shape index (κ2) is 9.03. The number of nitrogens with one attached hydrogen (secondary N) is 1. The van der Waals surface area contributed by atoms with E-state index in [4.69, 9.17) is 0 Å². The van der Waals surface area contributed by atoms with Crippen molar-refractivity contribution in [1.29, 1.82) is 0 Å². The smallest absolute Gasteiger partial charge is 0.126 e. The average Bonchev–Trinajstić information content (AvgIpc) is 2.37. The van der Waals surface area contributed by atoms with Gasteiger partial charge < -0.3 is 5.32 Å². The van der Waals surface area contributed by atoms with Crippen molar-refractivity contribution in [2.24, 2.45) is 5.92 Å². The second-order valence-corrected chi connectivity index (χ2v) is 5.15. The SMILES string of the molecule is CCCCC(CC)CNCCc1cc(F)cc(F)c1. The van der Waals surface area contributed by atoms with E-state index in [-0.39, 0.29) is 0 Å². The van der Waals surface area contributed by atoms with Gasteiger partial charge in [-0.15, -0.1) is 0 Å². The third kappa shape index (κ3) is 6.67. The molecule has 0 spiro atoms. The fraction of sp³-hybridized carbons (Fsp3) is 0.625. The largest absolute Gasteiger partial charge is 0.316 e. The Hall–Kier alpha value is -0.960. The molecule has 1 N–H and O–H groups in total. The lowest BCUT2D eigenvalue weighted by Gasteiger charge is -2.15. The van der Waals surface area contributed by atoms with Crippen LogP contribution in [0, 0.1) is 17.6 Å². The molecule has 1 aromatic carbocycles. The maximum Gasteiger partial charge on any atom is 0.126 e. The van der Waals surface area contributed by atoms with E-state index in [9.17, 15) is 8.78 Å². The minimum absolute atomic E-state index is 0.496. The van der Waals surface area contributed by atoms with Crippen molar-refractivity contribution in [3.63, 3.8) is 0 Å². The van der Waals surface area contributed by atoms with Gasteiger partial charge in [0, 0.05) is 6.07 Å². The van der Waals surface area contributed by atoms with Crippen LogP contribution in [-0.2, 0) is 6.42 Å². The predicted molar refractivity (Wildman–Crippen MR) is 76.2 cm³/mol. The summed E-state index contributed by atoms with van der Waals surface area (Å²) in [5.74, 6) is -0.280. The molecule has 0 bridgehead atoms. The van der Waals surface area contributed by atoms with Gasteiger partial charge in [0.25, 0.3) is 0 Å². The molecule has 0 aliphatic rings. The first-order valence-electron chi connectivity index (χ1n) is 7.31. The van der Waals surface area contributed by atoms with Crippen LogP contribution in [0.4, 0.5) is 8.78 Å². The molecule has 1 aromatic rings. The second-order valence-electron chi connectivity index (χ2n) is 5.15. The maximum atomic E-state index is 13.0. The topological polar surface area (TPSA) is 12.0 Å². The van der Waals surface area contributed by atoms with Gasteiger partial charge in [0.05, 0.1) is 0 Å². The molecule has 0 saturated carbocycles. The number of rotatable bonds is 9. The van der Waals surface area contributed by atoms with Crippen LogP contribution in [-0.4, -0.2) is 13.1 Å². The van der Waals surface area contributed by atoms with E-state index in [0.29, 0.717) is 17.9 Å². The lowest BCUT2D eigenvalue weighted by atomic mass is 9.99. The molecular formula is C16H25F2N. The molecule has 0 fully saturated rings. The van der Waals surface area contributed by atoms with Crippen LogP contribution in [0.2, 0.25) is 0 Å². The molecule has 1 nitrogen and oxygen atoms in total. The molecule has 0 aliphatic heterocycles. The standard InChI is InChI=1S/C16H25F2N/c1-3-5-6-13(4-2)12-19-8-7-14-9-15(17)11-16(18)10-14/h9-11,13,19H,3-8,12H2,1-2H3. The molecule has 108 valence electrons. The molecule has 0 amide bonds. The molecule has 1 atom stereocenters. The molecule has 3 heteroatoms. The van der Waals surface area contributed by atoms with Gasteiger partial charge in [-0.25, -0.2) is 8.78 Å². The summed E-state index contributed by atoms with van der Waals surface area (Å²) in [7, 11) is 0. The summed E-state index contributed by atoms with van der Waals surface area (Å²) in [5.41, 5.74) is 0.714. The molecule has 0 aromatic heterocycles. The van der Waals surface area contributed by atoms with Crippen molar-refractivity contribution in [2.45, 2.75) is 46.0 Å². The van der Waals surface area contributed by atoms with Crippen molar-refractivity contribution in [3.8, 4) is 0 Å². The number of halogens is 2. The van der Waals surface area contributed by atoms with Crippen molar-refractivity contribution >= 4 is 0 Å². The van der Waals surface area contributed by atoms with E-state index >= 15 is 0 Å². The fourth-order valence-corrected chi connectivity index (χ4v) is 2.24. The Morgan fingerprint density at radius 3 is 2.37 bits per heavy atom. The number of benzene rings is 1. The Kier molecular flexibility index (Phi) is 7.65. The summed E-state index contributed by atoms with van der Waals surface area (Å²) < 4.78 is 26.0. The van der Waals surface area contributed by atoms with Crippen molar-refractivity contribution in [3.05, 3.63) is 35.4 Å². The summed E-state index contributed by atoms with van der Waals surface area (Å²) in [6, 6.07) is 3.72. The predicted octanol–water partition coefficient (Wildman–Crippen LogP) is 4.31. The van der Waals surface area contributed by atoms with E-state index < -0.39 is 11.6 Å². The molecule has 1 rings (SSSR count). The quantitative estimate of drug-likeness (QED) is 0.659. The third-order valence-corrected chi connectivity index (χ3v) is 3.49. The zero-order valence-electron chi connectivity index (χ0n) is 12.0. The van der Waals surface area contributed by atoms with Crippen LogP contribution in [0.25, 0.3) is 0 Å². The van der Waals surface area contributed by atoms with Crippen molar-refractivity contribution in [2.75, 3.05) is 13.1 Å². The third-order valence-electron chi connectivity index (χ3n) is 3.49. The summed E-state index contributed by atoms with van der Waals surface area (Å²) in [6.07, 6.45) is 5.61. The first-order valence-corrected chi connectivity index (χ1v) is 7.31. The number of unbranched alkanes of at least 4 members (excludes halogenated alkanes) is 1. The first-order chi connectivity index (χ1) is 9.15. The van der Waals surface area contributed by atoms with E-state index in [1.807, 2.05) is 0 Å². The zero-order chi connectivity index (χ0) is 14.1. The van der Waals surface area contributed by atoms with Gasteiger partial charge in [0.2, 0.25) is 0 Å². The zero-order valence-corrected chi connectivity index (χ0v) is 12.0. The summed E-state index contributed by atoms with van der Waals surface area (Å²) >= 11 is 0. The maximum absolute atomic E-state index is 13.0. The average molecular weight is 269 g/mol. The number of hydrogen-bond acceptors (Lipinski definition) is 1. The van der Waals surface area contributed by atoms with Crippen molar-refractivity contribution < 1.29 is 8.78 Å².